The van der Waals surface area contributed by atoms with E-state index in [2.05, 4.69) is 5.32 Å². The van der Waals surface area contributed by atoms with Crippen molar-refractivity contribution < 1.29 is 9.59 Å². The summed E-state index contributed by atoms with van der Waals surface area (Å²) in [4.78, 5) is 27.5. The van der Waals surface area contributed by atoms with E-state index in [1.165, 1.54) is 11.8 Å². The Hall–Kier alpha value is -2.11. The molecule has 1 N–H and O–H groups in total. The van der Waals surface area contributed by atoms with Crippen molar-refractivity contribution in [2.24, 2.45) is 0 Å². The first-order chi connectivity index (χ1) is 11.7. The number of carbonyl (C=O) groups is 2. The van der Waals surface area contributed by atoms with Gasteiger partial charge >= 0.3 is 0 Å². The fourth-order valence-electron chi connectivity index (χ4n) is 2.63. The van der Waals surface area contributed by atoms with Crippen LogP contribution in [0.5, 0.6) is 0 Å². The Bertz CT molecular complexity index is 712. The first-order valence-electron chi connectivity index (χ1n) is 8.05. The van der Waals surface area contributed by atoms with Crippen molar-refractivity contribution in [1.82, 2.24) is 10.2 Å². The van der Waals surface area contributed by atoms with E-state index >= 15 is 0 Å². The van der Waals surface area contributed by atoms with Crippen LogP contribution in [0.4, 0.5) is 0 Å². The Kier molecular flexibility index (Phi) is 5.67. The van der Waals surface area contributed by atoms with Crippen molar-refractivity contribution in [2.45, 2.75) is 4.90 Å². The Morgan fingerprint density at radius 3 is 2.42 bits per heavy atom. The molecule has 2 aromatic carbocycles. The topological polar surface area (TPSA) is 49.4 Å². The lowest BCUT2D eigenvalue weighted by Gasteiger charge is -2.27. The largest absolute Gasteiger partial charge is 0.336 e. The molecule has 1 aliphatic heterocycles. The number of nitrogens with zero attached hydrogens (tertiary/aromatic N) is 1. The minimum atomic E-state index is 0.0633. The zero-order valence-corrected chi connectivity index (χ0v) is 14.2. The van der Waals surface area contributed by atoms with Crippen molar-refractivity contribution in [1.29, 1.82) is 0 Å². The summed E-state index contributed by atoms with van der Waals surface area (Å²) in [5, 5.41) is 3.25. The molecule has 1 saturated heterocycles. The van der Waals surface area contributed by atoms with E-state index in [9.17, 15) is 9.59 Å². The van der Waals surface area contributed by atoms with Gasteiger partial charge in [0.2, 0.25) is 0 Å². The molecule has 3 rings (SSSR count). The number of thioether (sulfide) groups is 1. The van der Waals surface area contributed by atoms with Gasteiger partial charge in [-0.1, -0.05) is 36.4 Å². The second kappa shape index (κ2) is 8.13. The van der Waals surface area contributed by atoms with E-state index in [-0.39, 0.29) is 11.7 Å². The summed E-state index contributed by atoms with van der Waals surface area (Å²) < 4.78 is 0. The number of carbonyl (C=O) groups excluding carboxylic acids is 2. The monoisotopic (exact) mass is 340 g/mol. The quantitative estimate of drug-likeness (QED) is 0.672. The normalized spacial score (nSPS) is 14.4. The average molecular weight is 340 g/mol. The second-order valence-corrected chi connectivity index (χ2v) is 6.70. The van der Waals surface area contributed by atoms with Crippen LogP contribution >= 0.6 is 11.8 Å². The molecular formula is C19H20N2O2S. The molecule has 0 bridgehead atoms. The highest BCUT2D eigenvalue weighted by atomic mass is 32.2. The highest BCUT2D eigenvalue weighted by Crippen LogP contribution is 2.21. The molecule has 24 heavy (non-hydrogen) atoms. The summed E-state index contributed by atoms with van der Waals surface area (Å²) in [6, 6.07) is 16.8. The molecule has 2 aromatic rings. The highest BCUT2D eigenvalue weighted by molar-refractivity contribution is 8.00. The van der Waals surface area contributed by atoms with Gasteiger partial charge in [-0.15, -0.1) is 11.8 Å². The Balaban J connectivity index is 1.63. The van der Waals surface area contributed by atoms with Crippen LogP contribution < -0.4 is 5.32 Å². The van der Waals surface area contributed by atoms with Gasteiger partial charge in [0.15, 0.2) is 5.78 Å². The predicted octanol–water partition coefficient (Wildman–Crippen LogP) is 2.71. The van der Waals surface area contributed by atoms with Gasteiger partial charge < -0.3 is 10.2 Å². The van der Waals surface area contributed by atoms with E-state index in [1.54, 1.807) is 0 Å². The molecule has 1 aliphatic rings. The summed E-state index contributed by atoms with van der Waals surface area (Å²) in [6.07, 6.45) is 0. The van der Waals surface area contributed by atoms with Gasteiger partial charge in [-0.05, 0) is 18.2 Å². The number of hydrogen-bond acceptors (Lipinski definition) is 4. The lowest BCUT2D eigenvalue weighted by atomic mass is 10.2. The van der Waals surface area contributed by atoms with Gasteiger partial charge in [-0.25, -0.2) is 0 Å². The van der Waals surface area contributed by atoms with Gasteiger partial charge in [0, 0.05) is 42.2 Å². The predicted molar refractivity (Wildman–Crippen MR) is 96.7 cm³/mol. The molecule has 0 unspecified atom stereocenters. The van der Waals surface area contributed by atoms with Crippen LogP contribution in [0.1, 0.15) is 20.7 Å². The van der Waals surface area contributed by atoms with E-state index in [4.69, 9.17) is 0 Å². The van der Waals surface area contributed by atoms with E-state index in [1.807, 2.05) is 59.5 Å². The number of amides is 1. The number of nitrogens with one attached hydrogen (secondary N) is 1. The van der Waals surface area contributed by atoms with E-state index in [0.29, 0.717) is 11.3 Å². The van der Waals surface area contributed by atoms with Crippen LogP contribution in [0.2, 0.25) is 0 Å². The third-order valence-electron chi connectivity index (χ3n) is 3.95. The Labute approximate surface area is 146 Å². The van der Waals surface area contributed by atoms with Crippen LogP contribution in [0, 0.1) is 0 Å². The fourth-order valence-corrected chi connectivity index (χ4v) is 3.48. The first kappa shape index (κ1) is 16.7. The Morgan fingerprint density at radius 2 is 1.67 bits per heavy atom. The number of benzene rings is 2. The number of rotatable bonds is 5. The van der Waals surface area contributed by atoms with Crippen LogP contribution in [0.15, 0.2) is 59.5 Å². The maximum Gasteiger partial charge on any atom is 0.253 e. The lowest BCUT2D eigenvalue weighted by molar-refractivity contribution is 0.0735. The maximum absolute atomic E-state index is 12.5. The zero-order chi connectivity index (χ0) is 16.8. The third-order valence-corrected chi connectivity index (χ3v) is 4.94. The molecular weight excluding hydrogens is 320 g/mol. The number of ketones is 1. The smallest absolute Gasteiger partial charge is 0.253 e. The van der Waals surface area contributed by atoms with Crippen LogP contribution in [-0.2, 0) is 0 Å². The summed E-state index contributed by atoms with van der Waals surface area (Å²) in [5.41, 5.74) is 1.41. The summed E-state index contributed by atoms with van der Waals surface area (Å²) in [7, 11) is 0. The van der Waals surface area contributed by atoms with E-state index in [0.717, 1.165) is 36.6 Å². The molecule has 1 fully saturated rings. The van der Waals surface area contributed by atoms with Crippen molar-refractivity contribution in [3.63, 3.8) is 0 Å². The van der Waals surface area contributed by atoms with Crippen molar-refractivity contribution in [3.05, 3.63) is 65.7 Å². The lowest BCUT2D eigenvalue weighted by Crippen LogP contribution is -2.46. The maximum atomic E-state index is 12.5. The molecule has 0 saturated carbocycles. The fraction of sp³-hybridized carbons (Fsp3) is 0.263. The van der Waals surface area contributed by atoms with Gasteiger partial charge in [-0.2, -0.15) is 0 Å². The number of piperazine rings is 1. The Morgan fingerprint density at radius 1 is 0.958 bits per heavy atom. The van der Waals surface area contributed by atoms with Gasteiger partial charge in [0.05, 0.1) is 5.75 Å². The van der Waals surface area contributed by atoms with Crippen molar-refractivity contribution in [3.8, 4) is 0 Å². The standard InChI is InChI=1S/C19H20N2O2S/c22-18(15-5-2-1-3-6-15)14-24-17-8-4-7-16(13-17)19(23)21-11-9-20-10-12-21/h1-8,13,20H,9-12,14H2. The molecule has 0 atom stereocenters. The van der Waals surface area contributed by atoms with E-state index < -0.39 is 0 Å². The summed E-state index contributed by atoms with van der Waals surface area (Å²) in [5.74, 6) is 0.530. The second-order valence-electron chi connectivity index (χ2n) is 5.65. The minimum absolute atomic E-state index is 0.0633. The number of hydrogen-bond donors (Lipinski definition) is 1. The zero-order valence-electron chi connectivity index (χ0n) is 13.4. The van der Waals surface area contributed by atoms with Gasteiger partial charge in [0.1, 0.15) is 0 Å². The SMILES string of the molecule is O=C(CSc1cccc(C(=O)N2CCNCC2)c1)c1ccccc1. The van der Waals surface area contributed by atoms with Crippen LogP contribution in [0.25, 0.3) is 0 Å². The van der Waals surface area contributed by atoms with Crippen molar-refractivity contribution >= 4 is 23.5 Å². The first-order valence-corrected chi connectivity index (χ1v) is 9.04. The summed E-state index contributed by atoms with van der Waals surface area (Å²) >= 11 is 1.47. The molecule has 5 heteroatoms. The summed E-state index contributed by atoms with van der Waals surface area (Å²) in [6.45, 7) is 3.16. The molecule has 0 radical (unpaired) electrons. The average Bonchev–Trinajstić information content (AvgIpc) is 2.67. The minimum Gasteiger partial charge on any atom is -0.336 e. The molecule has 0 spiro atoms. The molecule has 0 aromatic heterocycles. The molecule has 0 aliphatic carbocycles. The third kappa shape index (κ3) is 4.24. The van der Waals surface area contributed by atoms with Crippen LogP contribution in [-0.4, -0.2) is 48.5 Å². The van der Waals surface area contributed by atoms with Gasteiger partial charge in [-0.3, -0.25) is 9.59 Å². The highest BCUT2D eigenvalue weighted by Gasteiger charge is 2.18. The van der Waals surface area contributed by atoms with Crippen LogP contribution in [0.3, 0.4) is 0 Å². The molecule has 1 heterocycles. The number of Topliss-reactive ketones (excluding diaryl/α,β-unsaturated/α-hetero) is 1. The molecule has 124 valence electrons. The molecule has 1 amide bonds. The van der Waals surface area contributed by atoms with Gasteiger partial charge in [0.25, 0.3) is 5.91 Å². The molecule has 4 nitrogen and oxygen atoms in total. The van der Waals surface area contributed by atoms with Crippen molar-refractivity contribution in [2.75, 3.05) is 31.9 Å².